The third-order valence-electron chi connectivity index (χ3n) is 6.69. The first kappa shape index (κ1) is 22.6. The smallest absolute Gasteiger partial charge is 0.344 e. The van der Waals surface area contributed by atoms with Gasteiger partial charge in [-0.1, -0.05) is 18.2 Å². The minimum Gasteiger partial charge on any atom is -0.437 e. The molecule has 7 rings (SSSR count). The Morgan fingerprint density at radius 3 is 2.63 bits per heavy atom. The molecule has 4 aromatic heterocycles. The van der Waals surface area contributed by atoms with Crippen molar-refractivity contribution in [3.8, 4) is 23.0 Å². The largest absolute Gasteiger partial charge is 0.437 e. The zero-order chi connectivity index (χ0) is 26.0. The van der Waals surface area contributed by atoms with E-state index in [0.717, 1.165) is 21.3 Å². The average molecular weight is 567 g/mol. The van der Waals surface area contributed by atoms with Gasteiger partial charge in [-0.15, -0.1) is 5.10 Å². The van der Waals surface area contributed by atoms with Gasteiger partial charge in [-0.3, -0.25) is 4.98 Å². The fourth-order valence-electron chi connectivity index (χ4n) is 4.95. The van der Waals surface area contributed by atoms with Crippen molar-refractivity contribution in [1.29, 1.82) is 0 Å². The van der Waals surface area contributed by atoms with Crippen LogP contribution in [0.2, 0.25) is 0 Å². The number of hydrogen-bond donors (Lipinski definition) is 0. The monoisotopic (exact) mass is 566 g/mol. The van der Waals surface area contributed by atoms with Crippen LogP contribution in [0.15, 0.2) is 87.0 Å². The number of para-hydroxylation sites is 1. The van der Waals surface area contributed by atoms with E-state index in [2.05, 4.69) is 31.0 Å². The zero-order valence-electron chi connectivity index (χ0n) is 20.3. The molecule has 10 heteroatoms. The molecule has 0 radical (unpaired) electrons. The van der Waals surface area contributed by atoms with Gasteiger partial charge in [0, 0.05) is 36.5 Å². The summed E-state index contributed by atoms with van der Waals surface area (Å²) in [6.07, 6.45) is 4.96. The summed E-state index contributed by atoms with van der Waals surface area (Å²) in [6, 6.07) is 17.0. The van der Waals surface area contributed by atoms with E-state index in [1.165, 1.54) is 0 Å². The van der Waals surface area contributed by atoms with E-state index in [4.69, 9.17) is 14.1 Å². The van der Waals surface area contributed by atoms with Crippen LogP contribution in [0.3, 0.4) is 0 Å². The van der Waals surface area contributed by atoms with Gasteiger partial charge < -0.3 is 14.1 Å². The van der Waals surface area contributed by atoms with Gasteiger partial charge in [0.25, 0.3) is 0 Å². The number of ether oxygens (including phenoxy) is 1. The molecule has 2 aromatic carbocycles. The molecule has 38 heavy (non-hydrogen) atoms. The topological polar surface area (TPSA) is 98.7 Å². The molecule has 0 fully saturated rings. The van der Waals surface area contributed by atoms with Gasteiger partial charge >= 0.3 is 5.63 Å². The molecule has 0 aliphatic carbocycles. The molecule has 186 valence electrons. The summed E-state index contributed by atoms with van der Waals surface area (Å²) >= 11 is 3.71. The predicted molar refractivity (Wildman–Crippen MR) is 146 cm³/mol. The van der Waals surface area contributed by atoms with Crippen molar-refractivity contribution in [3.05, 3.63) is 105 Å². The van der Waals surface area contributed by atoms with Crippen LogP contribution in [0.25, 0.3) is 28.0 Å². The highest BCUT2D eigenvalue weighted by atomic mass is 79.9. The molecule has 0 N–H and O–H groups in total. The van der Waals surface area contributed by atoms with Crippen LogP contribution < -0.4 is 15.3 Å². The van der Waals surface area contributed by atoms with Gasteiger partial charge in [0.1, 0.15) is 11.9 Å². The number of pyridine rings is 1. The first-order chi connectivity index (χ1) is 18.5. The number of rotatable bonds is 3. The molecule has 0 saturated heterocycles. The lowest BCUT2D eigenvalue weighted by Gasteiger charge is -2.28. The highest BCUT2D eigenvalue weighted by Crippen LogP contribution is 2.49. The van der Waals surface area contributed by atoms with Gasteiger partial charge in [-0.25, -0.2) is 19.3 Å². The Morgan fingerprint density at radius 1 is 1.03 bits per heavy atom. The molecule has 0 bridgehead atoms. The number of halogens is 1. The number of nitrogens with zero attached hydrogens (tertiary/aromatic N) is 6. The normalized spacial score (nSPS) is 14.2. The van der Waals surface area contributed by atoms with Gasteiger partial charge in [0.2, 0.25) is 5.88 Å². The molecule has 5 heterocycles. The van der Waals surface area contributed by atoms with Crippen LogP contribution in [0.4, 0.5) is 5.69 Å². The standard InChI is InChI=1S/C28H19BrN6O3/c1-34(2)19-8-7-16(13-18(19)29)21-22-24(17-5-3-4-6-20(17)37-28(22)36)38-27-23(21)26-32-25(33-35(26)14-31-27)15-9-11-30-12-10-15/h3-14,21H,1-2H3. The molecule has 0 saturated carbocycles. The summed E-state index contributed by atoms with van der Waals surface area (Å²) in [4.78, 5) is 29.1. The average Bonchev–Trinajstić information content (AvgIpc) is 3.37. The predicted octanol–water partition coefficient (Wildman–Crippen LogP) is 5.41. The van der Waals surface area contributed by atoms with Gasteiger partial charge in [-0.05, 0) is 57.9 Å². The van der Waals surface area contributed by atoms with Crippen LogP contribution in [-0.4, -0.2) is 38.7 Å². The fraction of sp³-hybridized carbons (Fsp3) is 0.107. The van der Waals surface area contributed by atoms with Crippen molar-refractivity contribution in [2.75, 3.05) is 19.0 Å². The molecule has 0 spiro atoms. The number of benzene rings is 2. The third kappa shape index (κ3) is 3.41. The molecule has 1 aliphatic heterocycles. The summed E-state index contributed by atoms with van der Waals surface area (Å²) in [7, 11) is 3.95. The number of fused-ring (bicyclic) bond motifs is 6. The van der Waals surface area contributed by atoms with E-state index in [0.29, 0.717) is 45.2 Å². The molecule has 6 aromatic rings. The minimum atomic E-state index is -0.562. The third-order valence-corrected chi connectivity index (χ3v) is 7.32. The first-order valence-electron chi connectivity index (χ1n) is 11.9. The maximum absolute atomic E-state index is 13.6. The molecular weight excluding hydrogens is 548 g/mol. The van der Waals surface area contributed by atoms with Crippen molar-refractivity contribution in [1.82, 2.24) is 24.6 Å². The molecule has 1 aliphatic rings. The van der Waals surface area contributed by atoms with E-state index in [1.807, 2.05) is 67.5 Å². The van der Waals surface area contributed by atoms with E-state index in [-0.39, 0.29) is 0 Å². The van der Waals surface area contributed by atoms with Crippen molar-refractivity contribution >= 4 is 38.2 Å². The second-order valence-corrected chi connectivity index (χ2v) is 10.0. The van der Waals surface area contributed by atoms with Crippen LogP contribution >= 0.6 is 15.9 Å². The Labute approximate surface area is 224 Å². The van der Waals surface area contributed by atoms with Gasteiger partial charge in [0.15, 0.2) is 17.2 Å². The molecule has 9 nitrogen and oxygen atoms in total. The summed E-state index contributed by atoms with van der Waals surface area (Å²) in [5, 5.41) is 5.34. The maximum Gasteiger partial charge on any atom is 0.344 e. The van der Waals surface area contributed by atoms with Crippen molar-refractivity contribution < 1.29 is 9.15 Å². The van der Waals surface area contributed by atoms with Crippen molar-refractivity contribution in [2.45, 2.75) is 5.92 Å². The van der Waals surface area contributed by atoms with Gasteiger partial charge in [-0.2, -0.15) is 0 Å². The SMILES string of the molecule is CN(C)c1ccc(C2c3c(c4ccccc4oc3=O)Oc3ncn4nc(-c5ccncc5)nc4c32)cc1Br. The Balaban J connectivity index is 1.55. The Hall–Kier alpha value is -4.57. The van der Waals surface area contributed by atoms with E-state index < -0.39 is 11.5 Å². The number of anilines is 1. The number of aromatic nitrogens is 5. The zero-order valence-corrected chi connectivity index (χ0v) is 21.9. The lowest BCUT2D eigenvalue weighted by molar-refractivity contribution is 0.422. The highest BCUT2D eigenvalue weighted by Gasteiger charge is 2.37. The molecule has 0 amide bonds. The quantitative estimate of drug-likeness (QED) is 0.262. The van der Waals surface area contributed by atoms with Crippen LogP contribution in [0.5, 0.6) is 11.6 Å². The summed E-state index contributed by atoms with van der Waals surface area (Å²) in [5.41, 5.74) is 4.23. The van der Waals surface area contributed by atoms with E-state index >= 15 is 0 Å². The van der Waals surface area contributed by atoms with E-state index in [1.54, 1.807) is 29.3 Å². The summed E-state index contributed by atoms with van der Waals surface area (Å²) < 4.78 is 14.6. The van der Waals surface area contributed by atoms with Crippen LogP contribution in [0, 0.1) is 0 Å². The Bertz CT molecular complexity index is 1930. The lowest BCUT2D eigenvalue weighted by Crippen LogP contribution is -2.22. The van der Waals surface area contributed by atoms with Crippen molar-refractivity contribution in [2.24, 2.45) is 0 Å². The Morgan fingerprint density at radius 2 is 1.84 bits per heavy atom. The summed E-state index contributed by atoms with van der Waals surface area (Å²) in [5.74, 6) is 0.759. The second-order valence-electron chi connectivity index (χ2n) is 9.17. The van der Waals surface area contributed by atoms with Gasteiger partial charge in [0.05, 0.1) is 28.1 Å². The maximum atomic E-state index is 13.6. The van der Waals surface area contributed by atoms with E-state index in [9.17, 15) is 4.79 Å². The fourth-order valence-corrected chi connectivity index (χ4v) is 5.70. The summed E-state index contributed by atoms with van der Waals surface area (Å²) in [6.45, 7) is 0. The molecule has 1 unspecified atom stereocenters. The second kappa shape index (κ2) is 8.49. The van der Waals surface area contributed by atoms with Crippen LogP contribution in [0.1, 0.15) is 22.6 Å². The van der Waals surface area contributed by atoms with Crippen LogP contribution in [-0.2, 0) is 0 Å². The minimum absolute atomic E-state index is 0.368. The highest BCUT2D eigenvalue weighted by molar-refractivity contribution is 9.10. The first-order valence-corrected chi connectivity index (χ1v) is 12.6. The lowest BCUT2D eigenvalue weighted by atomic mass is 9.84. The Kier molecular flexibility index (Phi) is 5.05. The molecular formula is C28H19BrN6O3. The molecule has 1 atom stereocenters. The number of hydrogen-bond acceptors (Lipinski definition) is 8. The van der Waals surface area contributed by atoms with Crippen molar-refractivity contribution in [3.63, 3.8) is 0 Å².